The molecule has 4 atom stereocenters. The van der Waals surface area contributed by atoms with Gasteiger partial charge in [-0.05, 0) is 26.3 Å². The largest absolute Gasteiger partial charge is 0.445 e. The minimum Gasteiger partial charge on any atom is -0.445 e. The Morgan fingerprint density at radius 2 is 1.62 bits per heavy atom. The first-order valence-electron chi connectivity index (χ1n) is 8.56. The van der Waals surface area contributed by atoms with Crippen molar-refractivity contribution in [3.05, 3.63) is 35.9 Å². The fourth-order valence-corrected chi connectivity index (χ4v) is 2.20. The van der Waals surface area contributed by atoms with Gasteiger partial charge in [0.1, 0.15) is 24.8 Å². The maximum atomic E-state index is 12.1. The number of nitrogens with one attached hydrogen (secondary N) is 3. The van der Waals surface area contributed by atoms with Crippen LogP contribution in [0, 0.1) is 0 Å². The minimum absolute atomic E-state index is 0.0434. The van der Waals surface area contributed by atoms with Crippen LogP contribution in [0.1, 0.15) is 26.3 Å². The van der Waals surface area contributed by atoms with Crippen molar-refractivity contribution < 1.29 is 23.9 Å². The molecule has 0 bridgehead atoms. The normalized spacial score (nSPS) is 18.8. The first-order chi connectivity index (χ1) is 12.4. The van der Waals surface area contributed by atoms with Gasteiger partial charge in [-0.15, -0.1) is 0 Å². The molecule has 8 nitrogen and oxygen atoms in total. The highest BCUT2D eigenvalue weighted by molar-refractivity contribution is 5.90. The lowest BCUT2D eigenvalue weighted by molar-refractivity contribution is -0.129. The third kappa shape index (κ3) is 6.36. The molecule has 142 valence electrons. The highest BCUT2D eigenvalue weighted by Crippen LogP contribution is 2.13. The number of alkyl carbamates (subject to hydrolysis) is 1. The van der Waals surface area contributed by atoms with E-state index >= 15 is 0 Å². The highest BCUT2D eigenvalue weighted by atomic mass is 16.6. The number of hydrogen-bond donors (Lipinski definition) is 3. The second-order valence-electron chi connectivity index (χ2n) is 6.33. The predicted molar refractivity (Wildman–Crippen MR) is 94.2 cm³/mol. The van der Waals surface area contributed by atoms with E-state index in [2.05, 4.69) is 16.0 Å². The second kappa shape index (κ2) is 9.19. The number of carbonyl (C=O) groups excluding carboxylic acids is 3. The Labute approximate surface area is 152 Å². The fourth-order valence-electron chi connectivity index (χ4n) is 2.20. The topological polar surface area (TPSA) is 109 Å². The zero-order valence-electron chi connectivity index (χ0n) is 15.2. The van der Waals surface area contributed by atoms with Crippen LogP contribution in [0.5, 0.6) is 0 Å². The summed E-state index contributed by atoms with van der Waals surface area (Å²) in [5, 5.41) is 7.77. The Morgan fingerprint density at radius 3 is 2.23 bits per heavy atom. The van der Waals surface area contributed by atoms with Gasteiger partial charge in [-0.2, -0.15) is 0 Å². The molecule has 0 unspecified atom stereocenters. The molecule has 1 saturated heterocycles. The van der Waals surface area contributed by atoms with Crippen LogP contribution < -0.4 is 16.0 Å². The summed E-state index contributed by atoms with van der Waals surface area (Å²) in [5.41, 5.74) is 0.846. The molecule has 8 heteroatoms. The van der Waals surface area contributed by atoms with E-state index in [4.69, 9.17) is 9.47 Å². The van der Waals surface area contributed by atoms with Crippen LogP contribution in [-0.2, 0) is 25.7 Å². The van der Waals surface area contributed by atoms with Crippen molar-refractivity contribution in [2.24, 2.45) is 0 Å². The maximum absolute atomic E-state index is 12.1. The van der Waals surface area contributed by atoms with Gasteiger partial charge in [0.2, 0.25) is 11.8 Å². The van der Waals surface area contributed by atoms with E-state index in [0.717, 1.165) is 5.56 Å². The Kier molecular flexibility index (Phi) is 6.97. The van der Waals surface area contributed by atoms with Gasteiger partial charge < -0.3 is 25.4 Å². The Morgan fingerprint density at radius 1 is 1.04 bits per heavy atom. The number of amides is 3. The quantitative estimate of drug-likeness (QED) is 0.590. The number of rotatable bonds is 8. The first kappa shape index (κ1) is 19.7. The molecule has 3 N–H and O–H groups in total. The summed E-state index contributed by atoms with van der Waals surface area (Å²) in [6, 6.07) is 7.54. The molecule has 0 aromatic heterocycles. The van der Waals surface area contributed by atoms with E-state index in [-0.39, 0.29) is 24.7 Å². The van der Waals surface area contributed by atoms with Gasteiger partial charge in [0.25, 0.3) is 0 Å². The van der Waals surface area contributed by atoms with E-state index in [1.54, 1.807) is 6.92 Å². The minimum atomic E-state index is -0.835. The van der Waals surface area contributed by atoms with Crippen molar-refractivity contribution >= 4 is 17.9 Å². The van der Waals surface area contributed by atoms with Crippen LogP contribution in [0.15, 0.2) is 30.3 Å². The number of carbonyl (C=O) groups is 3. The highest BCUT2D eigenvalue weighted by Gasteiger charge is 2.31. The molecule has 26 heavy (non-hydrogen) atoms. The van der Waals surface area contributed by atoms with Crippen molar-refractivity contribution in [2.75, 3.05) is 6.61 Å². The summed E-state index contributed by atoms with van der Waals surface area (Å²) in [4.78, 5) is 35.9. The molecule has 2 rings (SSSR count). The first-order valence-corrected chi connectivity index (χ1v) is 8.56. The van der Waals surface area contributed by atoms with Crippen molar-refractivity contribution in [3.63, 3.8) is 0 Å². The van der Waals surface area contributed by atoms with E-state index in [0.29, 0.717) is 6.61 Å². The lowest BCUT2D eigenvalue weighted by Gasteiger charge is -2.20. The average molecular weight is 363 g/mol. The lowest BCUT2D eigenvalue weighted by atomic mass is 10.2. The number of epoxide rings is 1. The van der Waals surface area contributed by atoms with Crippen molar-refractivity contribution in [1.82, 2.24) is 16.0 Å². The van der Waals surface area contributed by atoms with Crippen molar-refractivity contribution in [3.8, 4) is 0 Å². The maximum Gasteiger partial charge on any atom is 0.408 e. The predicted octanol–water partition coefficient (Wildman–Crippen LogP) is 0.710. The SMILES string of the molecule is C[C@H](NC(=O)OCc1ccccc1)C(=O)N[C@@H](C)C(=O)N[C@@H](C)[C@@H]1CO1. The zero-order valence-corrected chi connectivity index (χ0v) is 15.2. The summed E-state index contributed by atoms with van der Waals surface area (Å²) in [5.74, 6) is -0.778. The van der Waals surface area contributed by atoms with Crippen LogP contribution in [0.2, 0.25) is 0 Å². The molecule has 3 amide bonds. The second-order valence-corrected chi connectivity index (χ2v) is 6.33. The molecular weight excluding hydrogens is 338 g/mol. The van der Waals surface area contributed by atoms with Gasteiger partial charge in [-0.25, -0.2) is 4.79 Å². The standard InChI is InChI=1S/C18H25N3O5/c1-11(15-10-25-15)19-16(22)12(2)20-17(23)13(3)21-18(24)26-9-14-7-5-4-6-8-14/h4-8,11-13,15H,9-10H2,1-3H3,(H,19,22)(H,20,23)(H,21,24)/t11-,12-,13-,15-/m0/s1. The van der Waals surface area contributed by atoms with Crippen molar-refractivity contribution in [2.45, 2.75) is 51.6 Å². The Bertz CT molecular complexity index is 633. The van der Waals surface area contributed by atoms with E-state index in [1.165, 1.54) is 6.92 Å². The summed E-state index contributed by atoms with van der Waals surface area (Å²) in [7, 11) is 0. The third-order valence-corrected chi connectivity index (χ3v) is 3.98. The smallest absolute Gasteiger partial charge is 0.408 e. The van der Waals surface area contributed by atoms with Gasteiger partial charge in [0.05, 0.1) is 12.6 Å². The van der Waals surface area contributed by atoms with Crippen LogP contribution in [0.3, 0.4) is 0 Å². The van der Waals surface area contributed by atoms with Gasteiger partial charge in [0.15, 0.2) is 0 Å². The molecule has 1 aromatic rings. The molecule has 0 radical (unpaired) electrons. The van der Waals surface area contributed by atoms with Gasteiger partial charge >= 0.3 is 6.09 Å². The lowest BCUT2D eigenvalue weighted by Crippen LogP contribution is -2.53. The molecule has 0 aliphatic carbocycles. The Balaban J connectivity index is 1.70. The van der Waals surface area contributed by atoms with E-state index in [1.807, 2.05) is 37.3 Å². The van der Waals surface area contributed by atoms with Crippen LogP contribution in [-0.4, -0.2) is 48.7 Å². The molecule has 0 saturated carbocycles. The van der Waals surface area contributed by atoms with Gasteiger partial charge in [-0.1, -0.05) is 30.3 Å². The number of ether oxygens (including phenoxy) is 2. The summed E-state index contributed by atoms with van der Waals surface area (Å²) >= 11 is 0. The number of hydrogen-bond acceptors (Lipinski definition) is 5. The molecule has 1 aliphatic rings. The summed E-state index contributed by atoms with van der Waals surface area (Å²) < 4.78 is 10.2. The molecule has 0 spiro atoms. The molecule has 1 aliphatic heterocycles. The van der Waals surface area contributed by atoms with Gasteiger partial charge in [-0.3, -0.25) is 9.59 Å². The summed E-state index contributed by atoms with van der Waals surface area (Å²) in [6.07, 6.45) is -0.657. The summed E-state index contributed by atoms with van der Waals surface area (Å²) in [6.45, 7) is 5.69. The Hall–Kier alpha value is -2.61. The molecule has 1 aromatic carbocycles. The third-order valence-electron chi connectivity index (χ3n) is 3.98. The fraction of sp³-hybridized carbons (Fsp3) is 0.500. The van der Waals surface area contributed by atoms with Gasteiger partial charge in [0, 0.05) is 0 Å². The van der Waals surface area contributed by atoms with Crippen LogP contribution in [0.4, 0.5) is 4.79 Å². The average Bonchev–Trinajstić information content (AvgIpc) is 3.45. The van der Waals surface area contributed by atoms with Crippen LogP contribution >= 0.6 is 0 Å². The molecule has 1 fully saturated rings. The monoisotopic (exact) mass is 363 g/mol. The number of benzene rings is 1. The van der Waals surface area contributed by atoms with Crippen molar-refractivity contribution in [1.29, 1.82) is 0 Å². The van der Waals surface area contributed by atoms with E-state index < -0.39 is 24.1 Å². The molecule has 1 heterocycles. The zero-order chi connectivity index (χ0) is 19.1. The van der Waals surface area contributed by atoms with Crippen LogP contribution in [0.25, 0.3) is 0 Å². The molecular formula is C18H25N3O5. The van der Waals surface area contributed by atoms with E-state index in [9.17, 15) is 14.4 Å².